The van der Waals surface area contributed by atoms with Gasteiger partial charge >= 0.3 is 0 Å². The number of halogens is 1. The van der Waals surface area contributed by atoms with Crippen LogP contribution in [0.4, 0.5) is 10.1 Å². The smallest absolute Gasteiger partial charge is 0.0966 e. The summed E-state index contributed by atoms with van der Waals surface area (Å²) in [7, 11) is 1.88. The molecule has 0 radical (unpaired) electrons. The van der Waals surface area contributed by atoms with Crippen LogP contribution in [-0.4, -0.2) is 32.0 Å². The van der Waals surface area contributed by atoms with Crippen LogP contribution in [0.25, 0.3) is 0 Å². The average Bonchev–Trinajstić information content (AvgIpc) is 2.65. The van der Waals surface area contributed by atoms with Crippen molar-refractivity contribution in [2.75, 3.05) is 32.3 Å². The summed E-state index contributed by atoms with van der Waals surface area (Å²) < 4.78 is 17.9. The van der Waals surface area contributed by atoms with Crippen molar-refractivity contribution in [2.45, 2.75) is 6.61 Å². The van der Waals surface area contributed by atoms with E-state index in [0.29, 0.717) is 6.61 Å². The zero-order valence-corrected chi connectivity index (χ0v) is 13.8. The van der Waals surface area contributed by atoms with Crippen LogP contribution in [0.1, 0.15) is 16.7 Å². The molecule has 2 N–H and O–H groups in total. The molecule has 0 heterocycles. The van der Waals surface area contributed by atoms with Gasteiger partial charge < -0.3 is 15.2 Å². The maximum absolute atomic E-state index is 12.4. The molecule has 24 heavy (non-hydrogen) atoms. The van der Waals surface area contributed by atoms with E-state index in [1.54, 1.807) is 0 Å². The van der Waals surface area contributed by atoms with Crippen LogP contribution in [0, 0.1) is 17.8 Å². The summed E-state index contributed by atoms with van der Waals surface area (Å²) in [6, 6.07) is 15.7. The first-order valence-electron chi connectivity index (χ1n) is 7.88. The highest BCUT2D eigenvalue weighted by Gasteiger charge is 2.06. The van der Waals surface area contributed by atoms with Gasteiger partial charge in [0, 0.05) is 29.8 Å². The lowest BCUT2D eigenvalue weighted by Crippen LogP contribution is -2.15. The molecule has 1 atom stereocenters. The van der Waals surface area contributed by atoms with Gasteiger partial charge in [-0.15, -0.1) is 0 Å². The predicted octanol–water partition coefficient (Wildman–Crippen LogP) is 3.22. The molecule has 0 amide bonds. The molecule has 0 saturated heterocycles. The highest BCUT2D eigenvalue weighted by Crippen LogP contribution is 2.09. The van der Waals surface area contributed by atoms with Crippen molar-refractivity contribution in [1.82, 2.24) is 0 Å². The molecule has 1 unspecified atom stereocenters. The fourth-order valence-electron chi connectivity index (χ4n) is 2.04. The lowest BCUT2D eigenvalue weighted by atomic mass is 10.1. The number of rotatable bonds is 7. The molecular formula is C20H22FNO2. The number of ether oxygens (including phenoxy) is 1. The summed E-state index contributed by atoms with van der Waals surface area (Å²) in [5.74, 6) is 5.81. The standard InChI is InChI=1S/C20H22FNO2/c1-22-20-10-8-17(9-11-20)3-2-16-4-6-18(7-5-16)14-24-15-19(12-21)13-23/h4-11,19,22-23H,12-15H2,1H3/i21-1. The van der Waals surface area contributed by atoms with Gasteiger partial charge in [-0.3, -0.25) is 4.39 Å². The van der Waals surface area contributed by atoms with Crippen LogP contribution in [0.2, 0.25) is 0 Å². The van der Waals surface area contributed by atoms with E-state index >= 15 is 0 Å². The minimum Gasteiger partial charge on any atom is -0.396 e. The molecule has 0 saturated carbocycles. The minimum absolute atomic E-state index is 0.194. The van der Waals surface area contributed by atoms with Crippen LogP contribution in [0.15, 0.2) is 48.5 Å². The zero-order valence-electron chi connectivity index (χ0n) is 13.8. The maximum atomic E-state index is 12.4. The zero-order chi connectivity index (χ0) is 17.2. The topological polar surface area (TPSA) is 41.5 Å². The van der Waals surface area contributed by atoms with E-state index in [-0.39, 0.29) is 13.2 Å². The molecule has 2 rings (SSSR count). The highest BCUT2D eigenvalue weighted by atomic mass is 18.2. The molecule has 0 bridgehead atoms. The number of hydrogen-bond acceptors (Lipinski definition) is 3. The fourth-order valence-corrected chi connectivity index (χ4v) is 2.04. The molecular weight excluding hydrogens is 304 g/mol. The van der Waals surface area contributed by atoms with Crippen LogP contribution in [0.3, 0.4) is 0 Å². The van der Waals surface area contributed by atoms with E-state index in [2.05, 4.69) is 17.2 Å². The van der Waals surface area contributed by atoms with E-state index in [4.69, 9.17) is 9.84 Å². The normalized spacial score (nSPS) is 11.5. The number of aliphatic hydroxyl groups is 1. The molecule has 2 aromatic rings. The Kier molecular flexibility index (Phi) is 7.28. The molecule has 0 aromatic heterocycles. The van der Waals surface area contributed by atoms with Crippen molar-refractivity contribution in [3.63, 3.8) is 0 Å². The second-order valence-electron chi connectivity index (χ2n) is 5.49. The Morgan fingerprint density at radius 1 is 1.04 bits per heavy atom. The Hall–Kier alpha value is -2.35. The van der Waals surface area contributed by atoms with Crippen molar-refractivity contribution in [1.29, 1.82) is 0 Å². The Balaban J connectivity index is 1.89. The molecule has 0 aliphatic heterocycles. The lowest BCUT2D eigenvalue weighted by molar-refractivity contribution is 0.0528. The molecule has 2 aromatic carbocycles. The fraction of sp³-hybridized carbons (Fsp3) is 0.300. The summed E-state index contributed by atoms with van der Waals surface area (Å²) in [6.07, 6.45) is 0. The molecule has 126 valence electrons. The molecule has 0 aliphatic carbocycles. The summed E-state index contributed by atoms with van der Waals surface area (Å²) in [5.41, 5.74) is 3.94. The molecule has 0 spiro atoms. The average molecular weight is 326 g/mol. The highest BCUT2D eigenvalue weighted by molar-refractivity contribution is 5.49. The van der Waals surface area contributed by atoms with Gasteiger partial charge in [-0.25, -0.2) is 0 Å². The van der Waals surface area contributed by atoms with Crippen LogP contribution >= 0.6 is 0 Å². The largest absolute Gasteiger partial charge is 0.396 e. The van der Waals surface area contributed by atoms with E-state index in [9.17, 15) is 4.39 Å². The monoisotopic (exact) mass is 326 g/mol. The van der Waals surface area contributed by atoms with Crippen molar-refractivity contribution >= 4 is 5.69 Å². The number of nitrogens with one attached hydrogen (secondary N) is 1. The number of benzene rings is 2. The van der Waals surface area contributed by atoms with Gasteiger partial charge in [-0.1, -0.05) is 24.0 Å². The Morgan fingerprint density at radius 3 is 2.12 bits per heavy atom. The summed E-state index contributed by atoms with van der Waals surface area (Å²) >= 11 is 0. The van der Waals surface area contributed by atoms with Gasteiger partial charge in [0.2, 0.25) is 0 Å². The van der Waals surface area contributed by atoms with Crippen LogP contribution < -0.4 is 5.32 Å². The van der Waals surface area contributed by atoms with E-state index in [0.717, 1.165) is 22.4 Å². The maximum Gasteiger partial charge on any atom is 0.0966 e. The lowest BCUT2D eigenvalue weighted by Gasteiger charge is -2.10. The first-order valence-corrected chi connectivity index (χ1v) is 7.88. The van der Waals surface area contributed by atoms with Crippen molar-refractivity contribution < 1.29 is 14.2 Å². The minimum atomic E-state index is -0.569. The number of alkyl halides is 1. The number of anilines is 1. The van der Waals surface area contributed by atoms with Crippen LogP contribution in [0.5, 0.6) is 0 Å². The third kappa shape index (κ3) is 5.69. The number of hydrogen-bond donors (Lipinski definition) is 2. The SMILES string of the molecule is CNc1ccc(C#Cc2ccc(COCC(CO)C[18F])cc2)cc1. The summed E-state index contributed by atoms with van der Waals surface area (Å²) in [5, 5.41) is 12.0. The van der Waals surface area contributed by atoms with Crippen molar-refractivity contribution in [3.8, 4) is 11.8 Å². The quantitative estimate of drug-likeness (QED) is 0.768. The molecule has 3 nitrogen and oxygen atoms in total. The molecule has 0 aliphatic rings. The summed E-state index contributed by atoms with van der Waals surface area (Å²) in [6.45, 7) is -0.145. The van der Waals surface area contributed by atoms with Gasteiger partial charge in [-0.2, -0.15) is 0 Å². The van der Waals surface area contributed by atoms with Gasteiger partial charge in [0.1, 0.15) is 0 Å². The molecule has 0 fully saturated rings. The summed E-state index contributed by atoms with van der Waals surface area (Å²) in [4.78, 5) is 0. The van der Waals surface area contributed by atoms with Crippen LogP contribution in [-0.2, 0) is 11.3 Å². The van der Waals surface area contributed by atoms with E-state index < -0.39 is 12.6 Å². The second kappa shape index (κ2) is 9.71. The van der Waals surface area contributed by atoms with Gasteiger partial charge in [0.05, 0.1) is 26.5 Å². The van der Waals surface area contributed by atoms with E-state index in [1.165, 1.54) is 0 Å². The van der Waals surface area contributed by atoms with Gasteiger partial charge in [-0.05, 0) is 42.0 Å². The Bertz CT molecular complexity index is 668. The molecule has 4 heteroatoms. The third-order valence-electron chi connectivity index (χ3n) is 3.58. The number of aliphatic hydroxyl groups excluding tert-OH is 1. The van der Waals surface area contributed by atoms with Crippen molar-refractivity contribution in [3.05, 3.63) is 65.2 Å². The van der Waals surface area contributed by atoms with E-state index in [1.807, 2.05) is 55.6 Å². The Morgan fingerprint density at radius 2 is 1.62 bits per heavy atom. The third-order valence-corrected chi connectivity index (χ3v) is 3.58. The predicted molar refractivity (Wildman–Crippen MR) is 94.6 cm³/mol. The second-order valence-corrected chi connectivity index (χ2v) is 5.49. The van der Waals surface area contributed by atoms with Gasteiger partial charge in [0.25, 0.3) is 0 Å². The van der Waals surface area contributed by atoms with Crippen molar-refractivity contribution in [2.24, 2.45) is 5.92 Å². The van der Waals surface area contributed by atoms with Gasteiger partial charge in [0.15, 0.2) is 0 Å². The first-order chi connectivity index (χ1) is 11.7. The first kappa shape index (κ1) is 18.0. The Labute approximate surface area is 142 Å².